The number of benzene rings is 4. The zero-order valence-electron chi connectivity index (χ0n) is 32.9. The fourth-order valence-corrected chi connectivity index (χ4v) is 8.98. The summed E-state index contributed by atoms with van der Waals surface area (Å²) in [5.41, 5.74) is 3.75. The molecule has 0 amide bonds. The van der Waals surface area contributed by atoms with Crippen LogP contribution in [0.5, 0.6) is 0 Å². The summed E-state index contributed by atoms with van der Waals surface area (Å²) in [6.45, 7) is 8.67. The molecule has 0 saturated carbocycles. The molecule has 4 aromatic carbocycles. The number of hydrogen-bond donors (Lipinski definition) is 0. The maximum atomic E-state index is 11.9. The van der Waals surface area contributed by atoms with Crippen LogP contribution in [0.1, 0.15) is 153 Å². The monoisotopic (exact) mass is 790 g/mol. The van der Waals surface area contributed by atoms with Crippen molar-refractivity contribution in [3.63, 3.8) is 0 Å². The van der Waals surface area contributed by atoms with E-state index in [1.165, 1.54) is 49.7 Å². The minimum absolute atomic E-state index is 0. The third kappa shape index (κ3) is 15.9. The first kappa shape index (κ1) is 47.6. The van der Waals surface area contributed by atoms with Gasteiger partial charge < -0.3 is 9.11 Å². The Balaban J connectivity index is 0.000000360. The maximum Gasteiger partial charge on any atom is 2.00 e. The van der Waals surface area contributed by atoms with Gasteiger partial charge in [0.15, 0.2) is 0 Å². The molecule has 53 heavy (non-hydrogen) atoms. The molecule has 0 heterocycles. The van der Waals surface area contributed by atoms with Crippen LogP contribution in [0.3, 0.4) is 0 Å². The van der Waals surface area contributed by atoms with Crippen LogP contribution in [-0.2, 0) is 45.9 Å². The van der Waals surface area contributed by atoms with Gasteiger partial charge in [0.1, 0.15) is 20.2 Å². The van der Waals surface area contributed by atoms with Gasteiger partial charge in [-0.25, -0.2) is 16.8 Å². The standard InChI is InChI=1S/2C22H32O3S.Ca/c2*1-3-5-7-9-11-18-13-16-21-20(17-18)15-14-19(12-10-8-6-4-2)22(21)26(23,24)25;/h2*13-17H,3-12H2,1-2H3,(H,23,24,25);/q;;+2/p-2. The van der Waals surface area contributed by atoms with E-state index in [4.69, 9.17) is 0 Å². The van der Waals surface area contributed by atoms with E-state index in [9.17, 15) is 25.9 Å². The molecule has 0 N–H and O–H groups in total. The second-order valence-corrected chi connectivity index (χ2v) is 17.0. The van der Waals surface area contributed by atoms with E-state index < -0.39 is 20.2 Å². The SMILES string of the molecule is CCCCCCc1ccc2c(S(=O)(=O)[O-])c(CCCCCC)ccc2c1.CCCCCCc1ccc2c(S(=O)(=O)[O-])c(CCCCCC)ccc2c1.[Ca+2]. The summed E-state index contributed by atoms with van der Waals surface area (Å²) in [4.78, 5) is -0.0203. The first-order valence-corrected chi connectivity index (χ1v) is 22.8. The van der Waals surface area contributed by atoms with E-state index in [1.54, 1.807) is 0 Å². The molecule has 0 saturated heterocycles. The zero-order chi connectivity index (χ0) is 38.0. The van der Waals surface area contributed by atoms with Gasteiger partial charge in [-0.15, -0.1) is 0 Å². The van der Waals surface area contributed by atoms with Crippen molar-refractivity contribution >= 4 is 79.5 Å². The van der Waals surface area contributed by atoms with E-state index in [1.807, 2.05) is 60.7 Å². The van der Waals surface area contributed by atoms with Crippen molar-refractivity contribution in [1.82, 2.24) is 0 Å². The molecule has 0 radical (unpaired) electrons. The molecule has 4 rings (SSSR count). The molecular weight excluding hydrogens is 729 g/mol. The van der Waals surface area contributed by atoms with Crippen LogP contribution >= 0.6 is 0 Å². The van der Waals surface area contributed by atoms with Gasteiger partial charge in [0.25, 0.3) is 0 Å². The molecule has 9 heteroatoms. The van der Waals surface area contributed by atoms with E-state index in [-0.39, 0.29) is 47.5 Å². The van der Waals surface area contributed by atoms with E-state index in [2.05, 4.69) is 27.7 Å². The number of unbranched alkanes of at least 4 members (excludes halogenated alkanes) is 12. The van der Waals surface area contributed by atoms with Crippen molar-refractivity contribution in [3.05, 3.63) is 82.9 Å². The van der Waals surface area contributed by atoms with Crippen molar-refractivity contribution < 1.29 is 25.9 Å². The Kier molecular flexibility index (Phi) is 22.4. The van der Waals surface area contributed by atoms with Crippen molar-refractivity contribution in [2.75, 3.05) is 0 Å². The molecule has 0 fully saturated rings. The molecule has 0 atom stereocenters. The van der Waals surface area contributed by atoms with Gasteiger partial charge >= 0.3 is 37.7 Å². The Morgan fingerprint density at radius 3 is 1.04 bits per heavy atom. The number of aryl methyl sites for hydroxylation is 4. The molecule has 0 aromatic heterocycles. The normalized spacial score (nSPS) is 11.7. The maximum absolute atomic E-state index is 11.9. The molecule has 0 aliphatic carbocycles. The molecule has 288 valence electrons. The molecule has 6 nitrogen and oxygen atoms in total. The van der Waals surface area contributed by atoms with Gasteiger partial charge in [0.05, 0.1) is 9.79 Å². The van der Waals surface area contributed by atoms with Crippen LogP contribution in [-0.4, -0.2) is 63.7 Å². The first-order chi connectivity index (χ1) is 24.9. The molecule has 0 aliphatic heterocycles. The largest absolute Gasteiger partial charge is 2.00 e. The van der Waals surface area contributed by atoms with Gasteiger partial charge in [-0.2, -0.15) is 0 Å². The van der Waals surface area contributed by atoms with Gasteiger partial charge in [0.2, 0.25) is 0 Å². The Labute approximate surface area is 351 Å². The van der Waals surface area contributed by atoms with Crippen molar-refractivity contribution in [2.24, 2.45) is 0 Å². The van der Waals surface area contributed by atoms with Crippen molar-refractivity contribution in [1.29, 1.82) is 0 Å². The fourth-order valence-electron chi connectivity index (χ4n) is 7.08. The van der Waals surface area contributed by atoms with Gasteiger partial charge in [0, 0.05) is 0 Å². The zero-order valence-corrected chi connectivity index (χ0v) is 36.7. The smallest absolute Gasteiger partial charge is 0.744 e. The van der Waals surface area contributed by atoms with E-state index >= 15 is 0 Å². The Morgan fingerprint density at radius 1 is 0.415 bits per heavy atom. The van der Waals surface area contributed by atoms with Crippen LogP contribution in [0.2, 0.25) is 0 Å². The van der Waals surface area contributed by atoms with E-state index in [0.29, 0.717) is 34.7 Å². The molecule has 0 unspecified atom stereocenters. The summed E-state index contributed by atoms with van der Waals surface area (Å²) in [6, 6.07) is 19.3. The van der Waals surface area contributed by atoms with Gasteiger partial charge in [-0.3, -0.25) is 0 Å². The Hall–Kier alpha value is -1.52. The summed E-state index contributed by atoms with van der Waals surface area (Å²) in [7, 11) is -8.98. The summed E-state index contributed by atoms with van der Waals surface area (Å²) < 4.78 is 71.6. The Morgan fingerprint density at radius 2 is 0.736 bits per heavy atom. The third-order valence-corrected chi connectivity index (χ3v) is 11.9. The Bertz CT molecular complexity index is 1770. The quantitative estimate of drug-likeness (QED) is 0.0445. The van der Waals surface area contributed by atoms with Gasteiger partial charge in [-0.05, 0) is 95.2 Å². The molecule has 4 aromatic rings. The molecular formula is C44H62CaO6S2. The summed E-state index contributed by atoms with van der Waals surface area (Å²) in [6.07, 6.45) is 21.4. The van der Waals surface area contributed by atoms with Crippen LogP contribution in [0.15, 0.2) is 70.5 Å². The number of hydrogen-bond acceptors (Lipinski definition) is 6. The van der Waals surface area contributed by atoms with Crippen LogP contribution in [0.4, 0.5) is 0 Å². The second-order valence-electron chi connectivity index (χ2n) is 14.4. The topological polar surface area (TPSA) is 114 Å². The minimum Gasteiger partial charge on any atom is -0.744 e. The average molecular weight is 791 g/mol. The fraction of sp³-hybridized carbons (Fsp3) is 0.545. The van der Waals surface area contributed by atoms with Crippen LogP contribution in [0.25, 0.3) is 21.5 Å². The second kappa shape index (κ2) is 24.9. The van der Waals surface area contributed by atoms with Crippen molar-refractivity contribution in [2.45, 2.75) is 166 Å². The molecule has 0 aliphatic rings. The predicted molar refractivity (Wildman–Crippen MR) is 221 cm³/mol. The first-order valence-electron chi connectivity index (χ1n) is 19.9. The number of rotatable bonds is 22. The summed E-state index contributed by atoms with van der Waals surface area (Å²) in [5.74, 6) is 0. The predicted octanol–water partition coefficient (Wildman–Crippen LogP) is 11.6. The summed E-state index contributed by atoms with van der Waals surface area (Å²) >= 11 is 0. The van der Waals surface area contributed by atoms with E-state index in [0.717, 1.165) is 87.8 Å². The molecule has 0 spiro atoms. The minimum atomic E-state index is -4.49. The average Bonchev–Trinajstić information content (AvgIpc) is 3.11. The van der Waals surface area contributed by atoms with Crippen molar-refractivity contribution in [3.8, 4) is 0 Å². The van der Waals surface area contributed by atoms with Crippen LogP contribution in [0, 0.1) is 0 Å². The number of fused-ring (bicyclic) bond motifs is 2. The van der Waals surface area contributed by atoms with Gasteiger partial charge in [-0.1, -0.05) is 165 Å². The molecule has 0 bridgehead atoms. The third-order valence-electron chi connectivity index (χ3n) is 9.97. The summed E-state index contributed by atoms with van der Waals surface area (Å²) in [5, 5.41) is 2.85. The van der Waals surface area contributed by atoms with Crippen LogP contribution < -0.4 is 0 Å².